The maximum atomic E-state index is 11.9. The molecule has 0 atom stereocenters. The average molecular weight is 389 g/mol. The van der Waals surface area contributed by atoms with E-state index in [-0.39, 0.29) is 11.0 Å². The molecule has 0 bridgehead atoms. The van der Waals surface area contributed by atoms with Gasteiger partial charge in [0.1, 0.15) is 5.75 Å². The number of amides is 1. The number of carbonyl (C=O) groups is 1. The van der Waals surface area contributed by atoms with Gasteiger partial charge in [0.15, 0.2) is 5.11 Å². The summed E-state index contributed by atoms with van der Waals surface area (Å²) in [7, 11) is 0. The van der Waals surface area contributed by atoms with Gasteiger partial charge in [0.2, 0.25) is 5.91 Å². The molecule has 136 valence electrons. The Morgan fingerprint density at radius 2 is 2.00 bits per heavy atom. The summed E-state index contributed by atoms with van der Waals surface area (Å²) in [6.07, 6.45) is 5.20. The molecule has 0 unspecified atom stereocenters. The van der Waals surface area contributed by atoms with Crippen molar-refractivity contribution < 1.29 is 9.53 Å². The predicted octanol–water partition coefficient (Wildman–Crippen LogP) is 5.05. The molecule has 2 aromatic carbocycles. The summed E-state index contributed by atoms with van der Waals surface area (Å²) in [4.78, 5) is 11.9. The Bertz CT molecular complexity index is 776. The summed E-state index contributed by atoms with van der Waals surface area (Å²) in [5, 5.41) is 6.46. The fourth-order valence-corrected chi connectivity index (χ4v) is 2.40. The van der Waals surface area contributed by atoms with Crippen molar-refractivity contribution in [1.82, 2.24) is 5.32 Å². The number of ether oxygens (including phenoxy) is 1. The second kappa shape index (κ2) is 10.6. The fourth-order valence-electron chi connectivity index (χ4n) is 2.06. The molecule has 0 aliphatic rings. The second-order valence-corrected chi connectivity index (χ2v) is 6.40. The van der Waals surface area contributed by atoms with Gasteiger partial charge >= 0.3 is 0 Å². The molecule has 0 saturated carbocycles. The van der Waals surface area contributed by atoms with E-state index in [2.05, 4.69) is 17.6 Å². The number of hydrogen-bond donors (Lipinski definition) is 2. The lowest BCUT2D eigenvalue weighted by Crippen LogP contribution is -2.32. The van der Waals surface area contributed by atoms with E-state index >= 15 is 0 Å². The third kappa shape index (κ3) is 7.25. The van der Waals surface area contributed by atoms with Crippen LogP contribution in [0.4, 0.5) is 5.69 Å². The lowest BCUT2D eigenvalue weighted by Gasteiger charge is -2.10. The van der Waals surface area contributed by atoms with Crippen LogP contribution in [0.5, 0.6) is 5.75 Å². The van der Waals surface area contributed by atoms with Gasteiger partial charge in [-0.3, -0.25) is 10.1 Å². The Hall–Kier alpha value is -2.37. The Morgan fingerprint density at radius 3 is 2.73 bits per heavy atom. The van der Waals surface area contributed by atoms with Crippen molar-refractivity contribution >= 4 is 46.6 Å². The summed E-state index contributed by atoms with van der Waals surface area (Å²) < 4.78 is 5.65. The van der Waals surface area contributed by atoms with Gasteiger partial charge in [0.25, 0.3) is 0 Å². The summed E-state index contributed by atoms with van der Waals surface area (Å²) in [6.45, 7) is 2.79. The monoisotopic (exact) mass is 388 g/mol. The van der Waals surface area contributed by atoms with E-state index in [4.69, 9.17) is 28.6 Å². The lowest BCUT2D eigenvalue weighted by molar-refractivity contribution is -0.115. The summed E-state index contributed by atoms with van der Waals surface area (Å²) in [6, 6.07) is 14.6. The van der Waals surface area contributed by atoms with E-state index in [9.17, 15) is 4.79 Å². The molecule has 0 radical (unpaired) electrons. The van der Waals surface area contributed by atoms with Crippen LogP contribution in [0.3, 0.4) is 0 Å². The SMILES string of the molecule is CCCCOc1cccc(NC(=S)NC(=O)/C=C/c2ccc(Cl)cc2)c1. The summed E-state index contributed by atoms with van der Waals surface area (Å²) in [5.74, 6) is 0.452. The third-order valence-electron chi connectivity index (χ3n) is 3.39. The Morgan fingerprint density at radius 1 is 1.23 bits per heavy atom. The second-order valence-electron chi connectivity index (χ2n) is 5.56. The topological polar surface area (TPSA) is 50.4 Å². The van der Waals surface area contributed by atoms with Crippen molar-refractivity contribution in [2.24, 2.45) is 0 Å². The van der Waals surface area contributed by atoms with Crippen LogP contribution in [-0.2, 0) is 4.79 Å². The van der Waals surface area contributed by atoms with Gasteiger partial charge in [-0.2, -0.15) is 0 Å². The molecule has 2 N–H and O–H groups in total. The first-order chi connectivity index (χ1) is 12.6. The zero-order valence-electron chi connectivity index (χ0n) is 14.5. The van der Waals surface area contributed by atoms with Crippen molar-refractivity contribution in [2.45, 2.75) is 19.8 Å². The number of unbranched alkanes of at least 4 members (excludes halogenated alkanes) is 1. The van der Waals surface area contributed by atoms with Crippen LogP contribution in [0, 0.1) is 0 Å². The van der Waals surface area contributed by atoms with Gasteiger partial charge in [-0.1, -0.05) is 43.1 Å². The van der Waals surface area contributed by atoms with E-state index in [0.717, 1.165) is 29.8 Å². The van der Waals surface area contributed by atoms with Crippen LogP contribution in [0.2, 0.25) is 5.02 Å². The first-order valence-electron chi connectivity index (χ1n) is 8.35. The number of rotatable bonds is 7. The highest BCUT2D eigenvalue weighted by atomic mass is 35.5. The van der Waals surface area contributed by atoms with Crippen molar-refractivity contribution in [3.8, 4) is 5.75 Å². The van der Waals surface area contributed by atoms with Gasteiger partial charge < -0.3 is 10.1 Å². The Labute approximate surface area is 164 Å². The van der Waals surface area contributed by atoms with E-state index in [1.165, 1.54) is 6.08 Å². The minimum atomic E-state index is -0.312. The molecule has 0 aliphatic carbocycles. The minimum absolute atomic E-state index is 0.224. The molecular formula is C20H21ClN2O2S. The van der Waals surface area contributed by atoms with Gasteiger partial charge in [-0.15, -0.1) is 0 Å². The number of nitrogens with one attached hydrogen (secondary N) is 2. The van der Waals surface area contributed by atoms with Gasteiger partial charge in [-0.25, -0.2) is 0 Å². The third-order valence-corrected chi connectivity index (χ3v) is 3.85. The number of benzene rings is 2. The van der Waals surface area contributed by atoms with Gasteiger partial charge in [0.05, 0.1) is 6.61 Å². The quantitative estimate of drug-likeness (QED) is 0.396. The molecule has 0 heterocycles. The van der Waals surface area contributed by atoms with Crippen LogP contribution in [-0.4, -0.2) is 17.6 Å². The first kappa shape index (κ1) is 19.9. The lowest BCUT2D eigenvalue weighted by atomic mass is 10.2. The molecule has 0 spiro atoms. The zero-order valence-corrected chi connectivity index (χ0v) is 16.1. The molecule has 2 aromatic rings. The van der Waals surface area contributed by atoms with Crippen molar-refractivity contribution in [1.29, 1.82) is 0 Å². The number of carbonyl (C=O) groups excluding carboxylic acids is 1. The number of anilines is 1. The Kier molecular flexibility index (Phi) is 8.12. The number of halogens is 1. The van der Waals surface area contributed by atoms with E-state index in [1.54, 1.807) is 18.2 Å². The van der Waals surface area contributed by atoms with Crippen LogP contribution < -0.4 is 15.4 Å². The predicted molar refractivity (Wildman–Crippen MR) is 112 cm³/mol. The standard InChI is InChI=1S/C20H21ClN2O2S/c1-2-3-13-25-18-6-4-5-17(14-18)22-20(26)23-19(24)12-9-15-7-10-16(21)11-8-15/h4-12,14H,2-3,13H2,1H3,(H2,22,23,24,26)/b12-9+. The summed E-state index contributed by atoms with van der Waals surface area (Å²) >= 11 is 11.0. The molecular weight excluding hydrogens is 368 g/mol. The molecule has 0 aliphatic heterocycles. The maximum absolute atomic E-state index is 11.9. The molecule has 1 amide bonds. The van der Waals surface area contributed by atoms with Crippen LogP contribution >= 0.6 is 23.8 Å². The summed E-state index contributed by atoms with van der Waals surface area (Å²) in [5.41, 5.74) is 1.63. The van der Waals surface area contributed by atoms with Crippen molar-refractivity contribution in [3.63, 3.8) is 0 Å². The maximum Gasteiger partial charge on any atom is 0.250 e. The molecule has 0 fully saturated rings. The molecule has 26 heavy (non-hydrogen) atoms. The smallest absolute Gasteiger partial charge is 0.250 e. The number of hydrogen-bond acceptors (Lipinski definition) is 3. The highest BCUT2D eigenvalue weighted by Gasteiger charge is 2.03. The average Bonchev–Trinajstić information content (AvgIpc) is 2.62. The largest absolute Gasteiger partial charge is 0.494 e. The van der Waals surface area contributed by atoms with Crippen LogP contribution in [0.25, 0.3) is 6.08 Å². The molecule has 6 heteroatoms. The van der Waals surface area contributed by atoms with Crippen molar-refractivity contribution in [3.05, 3.63) is 65.2 Å². The highest BCUT2D eigenvalue weighted by molar-refractivity contribution is 7.80. The zero-order chi connectivity index (χ0) is 18.8. The van der Waals surface area contributed by atoms with Gasteiger partial charge in [0, 0.05) is 22.9 Å². The minimum Gasteiger partial charge on any atom is -0.494 e. The Balaban J connectivity index is 1.84. The normalized spacial score (nSPS) is 10.5. The molecule has 4 nitrogen and oxygen atoms in total. The molecule has 0 saturated heterocycles. The first-order valence-corrected chi connectivity index (χ1v) is 9.14. The van der Waals surface area contributed by atoms with Gasteiger partial charge in [-0.05, 0) is 54.5 Å². The van der Waals surface area contributed by atoms with E-state index < -0.39 is 0 Å². The molecule has 0 aromatic heterocycles. The van der Waals surface area contributed by atoms with Crippen molar-refractivity contribution in [2.75, 3.05) is 11.9 Å². The fraction of sp³-hybridized carbons (Fsp3) is 0.200. The van der Waals surface area contributed by atoms with E-state index in [0.29, 0.717) is 11.6 Å². The number of thiocarbonyl (C=S) groups is 1. The highest BCUT2D eigenvalue weighted by Crippen LogP contribution is 2.17. The molecule has 2 rings (SSSR count). The van der Waals surface area contributed by atoms with Crippen LogP contribution in [0.15, 0.2) is 54.6 Å². The van der Waals surface area contributed by atoms with Crippen LogP contribution in [0.1, 0.15) is 25.3 Å². The van der Waals surface area contributed by atoms with E-state index in [1.807, 2.05) is 36.4 Å².